The van der Waals surface area contributed by atoms with E-state index in [1.807, 2.05) is 0 Å². The molecule has 1 N–H and O–H groups in total. The highest BCUT2D eigenvalue weighted by Crippen LogP contribution is 2.32. The fourth-order valence-corrected chi connectivity index (χ4v) is 4.27. The van der Waals surface area contributed by atoms with Crippen LogP contribution in [0.15, 0.2) is 0 Å². The summed E-state index contributed by atoms with van der Waals surface area (Å²) in [4.78, 5) is 2.43. The predicted molar refractivity (Wildman–Crippen MR) is 82.2 cm³/mol. The molecule has 1 atom stereocenters. The van der Waals surface area contributed by atoms with Crippen molar-refractivity contribution in [2.75, 3.05) is 52.1 Å². The maximum Gasteiger partial charge on any atom is 0.211 e. The lowest BCUT2D eigenvalue weighted by atomic mass is 9.74. The molecular weight excluding hydrogens is 274 g/mol. The molecule has 6 heteroatoms. The maximum atomic E-state index is 11.5. The van der Waals surface area contributed by atoms with Crippen LogP contribution in [0.25, 0.3) is 0 Å². The van der Waals surface area contributed by atoms with Gasteiger partial charge in [0.15, 0.2) is 0 Å². The van der Waals surface area contributed by atoms with Crippen LogP contribution in [0, 0.1) is 11.3 Å². The summed E-state index contributed by atoms with van der Waals surface area (Å²) in [7, 11) is -3.02. The van der Waals surface area contributed by atoms with Gasteiger partial charge in [-0.3, -0.25) is 0 Å². The van der Waals surface area contributed by atoms with Gasteiger partial charge in [0, 0.05) is 32.7 Å². The maximum absolute atomic E-state index is 11.5. The van der Waals surface area contributed by atoms with Gasteiger partial charge in [0.05, 0.1) is 6.26 Å². The van der Waals surface area contributed by atoms with Crippen molar-refractivity contribution in [3.63, 3.8) is 0 Å². The van der Waals surface area contributed by atoms with Gasteiger partial charge < -0.3 is 10.2 Å². The Balaban J connectivity index is 1.85. The minimum absolute atomic E-state index is 0.292. The van der Waals surface area contributed by atoms with E-state index in [-0.39, 0.29) is 0 Å². The summed E-state index contributed by atoms with van der Waals surface area (Å²) in [6, 6.07) is 0. The summed E-state index contributed by atoms with van der Waals surface area (Å²) >= 11 is 0. The highest BCUT2D eigenvalue weighted by atomic mass is 32.2. The SMILES string of the molecule is CC(C)(CN1CCN(S(C)(=O)=O)CC1)C1CCCNC1. The van der Waals surface area contributed by atoms with E-state index in [1.165, 1.54) is 19.1 Å². The molecule has 2 rings (SSSR count). The molecule has 0 amide bonds. The van der Waals surface area contributed by atoms with Crippen LogP contribution in [0.3, 0.4) is 0 Å². The third-order valence-electron chi connectivity index (χ3n) is 4.83. The van der Waals surface area contributed by atoms with Gasteiger partial charge in [0.2, 0.25) is 10.0 Å². The predicted octanol–water partition coefficient (Wildman–Crippen LogP) is 0.589. The number of piperazine rings is 1. The molecule has 2 saturated heterocycles. The van der Waals surface area contributed by atoms with Crippen molar-refractivity contribution >= 4 is 10.0 Å². The van der Waals surface area contributed by atoms with Crippen molar-refractivity contribution in [2.45, 2.75) is 26.7 Å². The fourth-order valence-electron chi connectivity index (χ4n) is 3.44. The summed E-state index contributed by atoms with van der Waals surface area (Å²) in [5.74, 6) is 0.726. The number of piperidine rings is 1. The summed E-state index contributed by atoms with van der Waals surface area (Å²) in [6.07, 6.45) is 3.89. The van der Waals surface area contributed by atoms with E-state index < -0.39 is 10.0 Å². The quantitative estimate of drug-likeness (QED) is 0.826. The molecule has 20 heavy (non-hydrogen) atoms. The second-order valence-electron chi connectivity index (χ2n) is 6.97. The highest BCUT2D eigenvalue weighted by molar-refractivity contribution is 7.88. The topological polar surface area (TPSA) is 52.7 Å². The van der Waals surface area contributed by atoms with E-state index in [0.29, 0.717) is 18.5 Å². The Morgan fingerprint density at radius 2 is 1.85 bits per heavy atom. The average molecular weight is 303 g/mol. The molecule has 0 aliphatic carbocycles. The summed E-state index contributed by atoms with van der Waals surface area (Å²) in [5.41, 5.74) is 0.292. The lowest BCUT2D eigenvalue weighted by Gasteiger charge is -2.43. The van der Waals surface area contributed by atoms with E-state index in [0.717, 1.165) is 38.6 Å². The molecule has 0 radical (unpaired) electrons. The van der Waals surface area contributed by atoms with Crippen LogP contribution < -0.4 is 5.32 Å². The number of sulfonamides is 1. The number of hydrogen-bond donors (Lipinski definition) is 1. The van der Waals surface area contributed by atoms with Crippen LogP contribution in [0.5, 0.6) is 0 Å². The normalized spacial score (nSPS) is 27.6. The Hall–Kier alpha value is -0.170. The smallest absolute Gasteiger partial charge is 0.211 e. The Bertz CT molecular complexity index is 408. The minimum atomic E-state index is -3.02. The molecule has 118 valence electrons. The zero-order chi connectivity index (χ0) is 14.8. The molecule has 0 saturated carbocycles. The lowest BCUT2D eigenvalue weighted by molar-refractivity contribution is 0.0801. The molecule has 0 aromatic rings. The van der Waals surface area contributed by atoms with Gasteiger partial charge in [-0.15, -0.1) is 0 Å². The first-order valence-corrected chi connectivity index (χ1v) is 9.52. The Kier molecular flexibility index (Phi) is 5.10. The molecule has 2 aliphatic rings. The van der Waals surface area contributed by atoms with Gasteiger partial charge in [0.25, 0.3) is 0 Å². The van der Waals surface area contributed by atoms with Crippen molar-refractivity contribution in [3.8, 4) is 0 Å². The van der Waals surface area contributed by atoms with E-state index in [1.54, 1.807) is 4.31 Å². The first-order chi connectivity index (χ1) is 9.29. The van der Waals surface area contributed by atoms with Gasteiger partial charge in [-0.05, 0) is 37.3 Å². The van der Waals surface area contributed by atoms with E-state index >= 15 is 0 Å². The third kappa shape index (κ3) is 4.16. The van der Waals surface area contributed by atoms with Gasteiger partial charge in [0.1, 0.15) is 0 Å². The minimum Gasteiger partial charge on any atom is -0.316 e. The lowest BCUT2D eigenvalue weighted by Crippen LogP contribution is -2.52. The number of rotatable bonds is 4. The second kappa shape index (κ2) is 6.30. The molecule has 0 aromatic carbocycles. The molecule has 0 aromatic heterocycles. The Morgan fingerprint density at radius 3 is 2.35 bits per heavy atom. The Labute approximate surface area is 123 Å². The number of nitrogens with zero attached hydrogens (tertiary/aromatic N) is 2. The van der Waals surface area contributed by atoms with Gasteiger partial charge in [-0.1, -0.05) is 13.8 Å². The van der Waals surface area contributed by atoms with Gasteiger partial charge in [-0.25, -0.2) is 8.42 Å². The zero-order valence-corrected chi connectivity index (χ0v) is 13.9. The first kappa shape index (κ1) is 16.2. The van der Waals surface area contributed by atoms with E-state index in [4.69, 9.17) is 0 Å². The van der Waals surface area contributed by atoms with Crippen LogP contribution in [-0.4, -0.2) is 69.7 Å². The third-order valence-corrected chi connectivity index (χ3v) is 6.14. The van der Waals surface area contributed by atoms with Crippen LogP contribution in [0.1, 0.15) is 26.7 Å². The number of nitrogens with one attached hydrogen (secondary N) is 1. The average Bonchev–Trinajstić information content (AvgIpc) is 2.39. The summed E-state index contributed by atoms with van der Waals surface area (Å²) < 4.78 is 24.6. The first-order valence-electron chi connectivity index (χ1n) is 7.67. The molecule has 2 fully saturated rings. The van der Waals surface area contributed by atoms with Crippen LogP contribution >= 0.6 is 0 Å². The molecule has 0 spiro atoms. The van der Waals surface area contributed by atoms with Crippen molar-refractivity contribution in [1.29, 1.82) is 0 Å². The fraction of sp³-hybridized carbons (Fsp3) is 1.00. The van der Waals surface area contributed by atoms with Crippen LogP contribution in [-0.2, 0) is 10.0 Å². The largest absolute Gasteiger partial charge is 0.316 e. The van der Waals surface area contributed by atoms with Crippen LogP contribution in [0.4, 0.5) is 0 Å². The van der Waals surface area contributed by atoms with Crippen molar-refractivity contribution in [2.24, 2.45) is 11.3 Å². The summed E-state index contributed by atoms with van der Waals surface area (Å²) in [6.45, 7) is 11.0. The van der Waals surface area contributed by atoms with Crippen molar-refractivity contribution in [3.05, 3.63) is 0 Å². The molecule has 5 nitrogen and oxygen atoms in total. The number of hydrogen-bond acceptors (Lipinski definition) is 4. The molecule has 2 heterocycles. The second-order valence-corrected chi connectivity index (χ2v) is 8.95. The standard InChI is InChI=1S/C14H29N3O2S/c1-14(2,13-5-4-6-15-11-13)12-16-7-9-17(10-8-16)20(3,18)19/h13,15H,4-12H2,1-3H3. The van der Waals surface area contributed by atoms with Crippen molar-refractivity contribution < 1.29 is 8.42 Å². The van der Waals surface area contributed by atoms with Gasteiger partial charge >= 0.3 is 0 Å². The Morgan fingerprint density at radius 1 is 1.20 bits per heavy atom. The summed E-state index contributed by atoms with van der Waals surface area (Å²) in [5, 5.41) is 3.50. The molecule has 2 aliphatic heterocycles. The molecule has 0 bridgehead atoms. The van der Waals surface area contributed by atoms with Crippen molar-refractivity contribution in [1.82, 2.24) is 14.5 Å². The van der Waals surface area contributed by atoms with Crippen LogP contribution in [0.2, 0.25) is 0 Å². The zero-order valence-electron chi connectivity index (χ0n) is 13.1. The molecular formula is C14H29N3O2S. The van der Waals surface area contributed by atoms with Gasteiger partial charge in [-0.2, -0.15) is 4.31 Å². The highest BCUT2D eigenvalue weighted by Gasteiger charge is 2.33. The molecule has 1 unspecified atom stereocenters. The monoisotopic (exact) mass is 303 g/mol. The van der Waals surface area contributed by atoms with E-state index in [9.17, 15) is 8.42 Å². The van der Waals surface area contributed by atoms with E-state index in [2.05, 4.69) is 24.1 Å².